The van der Waals surface area contributed by atoms with Crippen LogP contribution in [-0.2, 0) is 6.42 Å². The molecule has 0 atom stereocenters. The Hall–Kier alpha value is -3.28. The van der Waals surface area contributed by atoms with E-state index in [0.29, 0.717) is 23.5 Å². The van der Waals surface area contributed by atoms with Gasteiger partial charge in [-0.15, -0.1) is 0 Å². The van der Waals surface area contributed by atoms with Crippen molar-refractivity contribution < 1.29 is 4.52 Å². The second-order valence-electron chi connectivity index (χ2n) is 5.57. The molecule has 0 saturated heterocycles. The molecule has 1 N–H and O–H groups in total. The van der Waals surface area contributed by atoms with Crippen LogP contribution in [0.3, 0.4) is 0 Å². The molecule has 6 heteroatoms. The van der Waals surface area contributed by atoms with Gasteiger partial charge in [0.25, 0.3) is 11.4 Å². The van der Waals surface area contributed by atoms with Crippen molar-refractivity contribution in [1.82, 2.24) is 20.3 Å². The average Bonchev–Trinajstić information content (AvgIpc) is 3.05. The van der Waals surface area contributed by atoms with E-state index < -0.39 is 0 Å². The van der Waals surface area contributed by atoms with E-state index in [-0.39, 0.29) is 5.56 Å². The van der Waals surface area contributed by atoms with Crippen LogP contribution < -0.4 is 5.56 Å². The molecule has 0 saturated carbocycles. The number of nitrogens with zero attached hydrogens (tertiary/aromatic N) is 3. The Morgan fingerprint density at radius 3 is 2.71 bits per heavy atom. The molecule has 0 aliphatic carbocycles. The Labute approximate surface area is 137 Å². The van der Waals surface area contributed by atoms with Gasteiger partial charge in [-0.05, 0) is 30.7 Å². The molecule has 4 aromatic rings. The van der Waals surface area contributed by atoms with Crippen molar-refractivity contribution in [3.05, 3.63) is 76.0 Å². The van der Waals surface area contributed by atoms with Crippen LogP contribution in [0.4, 0.5) is 0 Å². The van der Waals surface area contributed by atoms with E-state index in [9.17, 15) is 4.79 Å². The van der Waals surface area contributed by atoms with Gasteiger partial charge >= 0.3 is 0 Å². The Bertz CT molecular complexity index is 1080. The Balaban J connectivity index is 1.74. The summed E-state index contributed by atoms with van der Waals surface area (Å²) in [6.45, 7) is 1.78. The summed E-state index contributed by atoms with van der Waals surface area (Å²) in [7, 11) is 0. The van der Waals surface area contributed by atoms with Gasteiger partial charge in [-0.1, -0.05) is 35.5 Å². The van der Waals surface area contributed by atoms with Gasteiger partial charge in [-0.2, -0.15) is 10.1 Å². The molecule has 24 heavy (non-hydrogen) atoms. The summed E-state index contributed by atoms with van der Waals surface area (Å²) in [5.74, 6) is 1.09. The van der Waals surface area contributed by atoms with Crippen LogP contribution in [0.2, 0.25) is 0 Å². The predicted molar refractivity (Wildman–Crippen MR) is 89.6 cm³/mol. The second kappa shape index (κ2) is 5.73. The van der Waals surface area contributed by atoms with Crippen molar-refractivity contribution in [3.63, 3.8) is 0 Å². The highest BCUT2D eigenvalue weighted by atomic mass is 16.5. The summed E-state index contributed by atoms with van der Waals surface area (Å²) in [5, 5.41) is 12.1. The quantitative estimate of drug-likeness (QED) is 0.628. The zero-order chi connectivity index (χ0) is 16.5. The fourth-order valence-electron chi connectivity index (χ4n) is 2.73. The first-order valence-electron chi connectivity index (χ1n) is 7.56. The number of rotatable bonds is 3. The van der Waals surface area contributed by atoms with Gasteiger partial charge < -0.3 is 4.52 Å². The smallest absolute Gasteiger partial charge is 0.272 e. The van der Waals surface area contributed by atoms with Crippen LogP contribution in [-0.4, -0.2) is 20.3 Å². The van der Waals surface area contributed by atoms with Crippen molar-refractivity contribution in [1.29, 1.82) is 0 Å². The molecule has 0 spiro atoms. The maximum Gasteiger partial charge on any atom is 0.272 e. The van der Waals surface area contributed by atoms with Gasteiger partial charge in [-0.3, -0.25) is 4.79 Å². The van der Waals surface area contributed by atoms with Gasteiger partial charge in [0.1, 0.15) is 0 Å². The summed E-state index contributed by atoms with van der Waals surface area (Å²) >= 11 is 0. The van der Waals surface area contributed by atoms with Crippen molar-refractivity contribution in [2.24, 2.45) is 0 Å². The molecule has 0 amide bonds. The standard InChI is InChI=1S/C18H14N4O2/c1-11-19-18(24-22-11)13-6-4-5-12(9-13)10-16-14-7-2-3-8-15(14)17(23)21-20-16/h2-9H,10H2,1H3,(H,21,23). The highest BCUT2D eigenvalue weighted by Gasteiger charge is 2.10. The number of benzene rings is 2. The lowest BCUT2D eigenvalue weighted by Gasteiger charge is -2.06. The fourth-order valence-corrected chi connectivity index (χ4v) is 2.73. The van der Waals surface area contributed by atoms with Crippen LogP contribution in [0.15, 0.2) is 57.8 Å². The molecule has 2 aromatic carbocycles. The summed E-state index contributed by atoms with van der Waals surface area (Å²) < 4.78 is 5.22. The van der Waals surface area contributed by atoms with Gasteiger partial charge in [0.15, 0.2) is 5.82 Å². The van der Waals surface area contributed by atoms with Crippen molar-refractivity contribution >= 4 is 10.8 Å². The summed E-state index contributed by atoms with van der Waals surface area (Å²) in [6.07, 6.45) is 0.595. The number of aryl methyl sites for hydroxylation is 1. The zero-order valence-corrected chi connectivity index (χ0v) is 13.0. The first-order valence-corrected chi connectivity index (χ1v) is 7.56. The zero-order valence-electron chi connectivity index (χ0n) is 13.0. The minimum atomic E-state index is -0.176. The van der Waals surface area contributed by atoms with Gasteiger partial charge in [0, 0.05) is 17.4 Å². The molecule has 0 bridgehead atoms. The molecule has 0 aliphatic heterocycles. The average molecular weight is 318 g/mol. The minimum Gasteiger partial charge on any atom is -0.334 e. The van der Waals surface area contributed by atoms with E-state index in [1.54, 1.807) is 13.0 Å². The highest BCUT2D eigenvalue weighted by Crippen LogP contribution is 2.21. The lowest BCUT2D eigenvalue weighted by molar-refractivity contribution is 0.425. The molecule has 0 aliphatic rings. The van der Waals surface area contributed by atoms with E-state index in [0.717, 1.165) is 22.2 Å². The number of hydrogen-bond donors (Lipinski definition) is 1. The van der Waals surface area contributed by atoms with Crippen LogP contribution in [0.1, 0.15) is 17.1 Å². The molecule has 0 radical (unpaired) electrons. The predicted octanol–water partition coefficient (Wildman–Crippen LogP) is 2.87. The maximum absolute atomic E-state index is 11.9. The van der Waals surface area contributed by atoms with Crippen LogP contribution in [0.5, 0.6) is 0 Å². The van der Waals surface area contributed by atoms with E-state index in [4.69, 9.17) is 4.52 Å². The number of aromatic amines is 1. The third-order valence-corrected chi connectivity index (χ3v) is 3.85. The molecular formula is C18H14N4O2. The summed E-state index contributed by atoms with van der Waals surface area (Å²) in [4.78, 5) is 16.1. The number of fused-ring (bicyclic) bond motifs is 1. The van der Waals surface area contributed by atoms with Gasteiger partial charge in [0.05, 0.1) is 11.1 Å². The molecule has 2 aromatic heterocycles. The van der Waals surface area contributed by atoms with Crippen LogP contribution in [0.25, 0.3) is 22.2 Å². The van der Waals surface area contributed by atoms with Crippen molar-refractivity contribution in [2.75, 3.05) is 0 Å². The maximum atomic E-state index is 11.9. The van der Waals surface area contributed by atoms with Crippen LogP contribution in [0, 0.1) is 6.92 Å². The Morgan fingerprint density at radius 1 is 1.08 bits per heavy atom. The third kappa shape index (κ3) is 2.58. The largest absolute Gasteiger partial charge is 0.334 e. The lowest BCUT2D eigenvalue weighted by Crippen LogP contribution is -2.11. The second-order valence-corrected chi connectivity index (χ2v) is 5.57. The molecular weight excluding hydrogens is 304 g/mol. The molecule has 2 heterocycles. The fraction of sp³-hybridized carbons (Fsp3) is 0.111. The number of hydrogen-bond acceptors (Lipinski definition) is 5. The third-order valence-electron chi connectivity index (χ3n) is 3.85. The molecule has 118 valence electrons. The number of aromatic nitrogens is 4. The van der Waals surface area contributed by atoms with E-state index in [2.05, 4.69) is 20.3 Å². The summed E-state index contributed by atoms with van der Waals surface area (Å²) in [6, 6.07) is 15.3. The van der Waals surface area contributed by atoms with E-state index >= 15 is 0 Å². The van der Waals surface area contributed by atoms with Crippen molar-refractivity contribution in [3.8, 4) is 11.5 Å². The van der Waals surface area contributed by atoms with E-state index in [1.165, 1.54) is 0 Å². The molecule has 0 unspecified atom stereocenters. The normalized spacial score (nSPS) is 11.0. The van der Waals surface area contributed by atoms with Gasteiger partial charge in [-0.25, -0.2) is 5.10 Å². The molecule has 0 fully saturated rings. The highest BCUT2D eigenvalue weighted by molar-refractivity contribution is 5.83. The molecule has 4 rings (SSSR count). The monoisotopic (exact) mass is 318 g/mol. The topological polar surface area (TPSA) is 84.7 Å². The van der Waals surface area contributed by atoms with Gasteiger partial charge in [0.2, 0.25) is 0 Å². The Kier molecular flexibility index (Phi) is 3.42. The SMILES string of the molecule is Cc1noc(-c2cccc(Cc3n[nH]c(=O)c4ccccc34)c2)n1. The van der Waals surface area contributed by atoms with Crippen molar-refractivity contribution in [2.45, 2.75) is 13.3 Å². The number of H-pyrrole nitrogens is 1. The minimum absolute atomic E-state index is 0.176. The first-order chi connectivity index (χ1) is 11.7. The summed E-state index contributed by atoms with van der Waals surface area (Å²) in [5.41, 5.74) is 2.56. The van der Waals surface area contributed by atoms with E-state index in [1.807, 2.05) is 42.5 Å². The molecule has 6 nitrogen and oxygen atoms in total. The van der Waals surface area contributed by atoms with Crippen LogP contribution >= 0.6 is 0 Å². The first kappa shape index (κ1) is 14.3. The number of nitrogens with one attached hydrogen (secondary N) is 1. The lowest BCUT2D eigenvalue weighted by atomic mass is 10.0. The Morgan fingerprint density at radius 2 is 1.92 bits per heavy atom.